The highest BCUT2D eigenvalue weighted by Gasteiger charge is 2.48. The number of nitrogens with one attached hydrogen (secondary N) is 4. The summed E-state index contributed by atoms with van der Waals surface area (Å²) in [4.78, 5) is 71.3. The minimum absolute atomic E-state index is 0.000815. The van der Waals surface area contributed by atoms with Crippen molar-refractivity contribution < 1.29 is 32.4 Å². The Bertz CT molecular complexity index is 1710. The number of Topliss-reactive ketones (excluding diaryl/α,β-unsaturated/α-hetero) is 1. The molecule has 4 aliphatic rings. The number of likely N-dealkylation sites (tertiary alicyclic amines) is 1. The van der Waals surface area contributed by atoms with Gasteiger partial charge >= 0.3 is 6.03 Å². The van der Waals surface area contributed by atoms with Crippen LogP contribution in [-0.2, 0) is 41.9 Å². The highest BCUT2D eigenvalue weighted by atomic mass is 32.2. The molecule has 2 saturated carbocycles. The topological polar surface area (TPSA) is 171 Å². The number of carbonyl (C=O) groups excluding carboxylic acids is 5. The van der Waals surface area contributed by atoms with Crippen LogP contribution in [0.4, 0.5) is 4.79 Å². The van der Waals surface area contributed by atoms with Gasteiger partial charge in [-0.2, -0.15) is 0 Å². The van der Waals surface area contributed by atoms with Crippen LogP contribution in [0.25, 0.3) is 0 Å². The Balaban J connectivity index is 1.42. The van der Waals surface area contributed by atoms with Crippen molar-refractivity contribution in [2.75, 3.05) is 24.6 Å². The van der Waals surface area contributed by atoms with E-state index >= 15 is 4.79 Å². The first kappa shape index (κ1) is 43.4. The molecule has 56 heavy (non-hydrogen) atoms. The second kappa shape index (κ2) is 18.2. The normalized spacial score (nSPS) is 23.0. The zero-order chi connectivity index (χ0) is 40.8. The largest absolute Gasteiger partial charge is 0.346 e. The summed E-state index contributed by atoms with van der Waals surface area (Å²) in [5.41, 5.74) is 0.901. The Morgan fingerprint density at radius 2 is 1.62 bits per heavy atom. The maximum atomic E-state index is 15.1. The van der Waals surface area contributed by atoms with Gasteiger partial charge in [-0.3, -0.25) is 19.2 Å². The van der Waals surface area contributed by atoms with Gasteiger partial charge in [0.05, 0.1) is 23.1 Å². The smallest absolute Gasteiger partial charge is 0.315 e. The van der Waals surface area contributed by atoms with Gasteiger partial charge in [0.25, 0.3) is 5.91 Å². The fourth-order valence-corrected chi connectivity index (χ4v) is 11.0. The zero-order valence-electron chi connectivity index (χ0n) is 34.2. The Morgan fingerprint density at radius 1 is 0.982 bits per heavy atom. The van der Waals surface area contributed by atoms with Crippen molar-refractivity contribution in [3.63, 3.8) is 0 Å². The molecule has 5 rings (SSSR count). The van der Waals surface area contributed by atoms with Gasteiger partial charge in [0.1, 0.15) is 12.1 Å². The molecule has 0 bridgehead atoms. The lowest BCUT2D eigenvalue weighted by atomic mass is 9.71. The number of carbonyl (C=O) groups is 5. The number of amides is 5. The Kier molecular flexibility index (Phi) is 14.1. The summed E-state index contributed by atoms with van der Waals surface area (Å²) >= 11 is 0. The quantitative estimate of drug-likeness (QED) is 0.131. The molecule has 3 fully saturated rings. The number of piperidine rings is 1. The van der Waals surface area contributed by atoms with E-state index in [2.05, 4.69) is 41.7 Å². The molecule has 310 valence electrons. The maximum Gasteiger partial charge on any atom is 0.315 e. The predicted octanol–water partition coefficient (Wildman–Crippen LogP) is 4.65. The summed E-state index contributed by atoms with van der Waals surface area (Å²) in [5.74, 6) is -2.36. The Morgan fingerprint density at radius 3 is 2.21 bits per heavy atom. The third-order valence-corrected chi connectivity index (χ3v) is 14.7. The average Bonchev–Trinajstić information content (AvgIpc) is 3.86. The lowest BCUT2D eigenvalue weighted by Gasteiger charge is -2.48. The van der Waals surface area contributed by atoms with Crippen molar-refractivity contribution in [1.82, 2.24) is 26.2 Å². The number of sulfone groups is 1. The molecular weight excluding hydrogens is 731 g/mol. The van der Waals surface area contributed by atoms with Crippen molar-refractivity contribution in [3.05, 3.63) is 48.0 Å². The summed E-state index contributed by atoms with van der Waals surface area (Å²) in [6.07, 6.45) is 9.20. The van der Waals surface area contributed by atoms with E-state index in [-0.39, 0.29) is 53.7 Å². The monoisotopic (exact) mass is 795 g/mol. The van der Waals surface area contributed by atoms with Crippen molar-refractivity contribution >= 4 is 39.4 Å². The summed E-state index contributed by atoms with van der Waals surface area (Å²) in [6, 6.07) is 4.37. The van der Waals surface area contributed by atoms with E-state index < -0.39 is 63.0 Å². The molecule has 3 aliphatic carbocycles. The minimum Gasteiger partial charge on any atom is -0.346 e. The van der Waals surface area contributed by atoms with Gasteiger partial charge in [-0.05, 0) is 85.2 Å². The van der Waals surface area contributed by atoms with Gasteiger partial charge in [0.15, 0.2) is 9.84 Å². The molecule has 1 aromatic carbocycles. The fourth-order valence-electron chi connectivity index (χ4n) is 8.80. The number of hydrogen-bond donors (Lipinski definition) is 4. The molecule has 1 saturated heterocycles. The van der Waals surface area contributed by atoms with E-state index in [4.69, 9.17) is 0 Å². The highest BCUT2D eigenvalue weighted by molar-refractivity contribution is 7.91. The molecule has 13 heteroatoms. The lowest BCUT2D eigenvalue weighted by molar-refractivity contribution is -0.150. The highest BCUT2D eigenvalue weighted by Crippen LogP contribution is 2.40. The van der Waals surface area contributed by atoms with E-state index in [0.29, 0.717) is 44.9 Å². The zero-order valence-corrected chi connectivity index (χ0v) is 35.0. The number of urea groups is 1. The second-order valence-corrected chi connectivity index (χ2v) is 20.5. The molecule has 0 spiro atoms. The molecular formula is C43H65N5O7S. The number of fused-ring (bicyclic) bond motifs is 1. The first-order valence-corrected chi connectivity index (χ1v) is 22.6. The van der Waals surface area contributed by atoms with Gasteiger partial charge in [0, 0.05) is 13.1 Å². The molecule has 4 N–H and O–H groups in total. The Hall–Kier alpha value is -3.74. The molecule has 2 unspecified atom stereocenters. The van der Waals surface area contributed by atoms with Crippen LogP contribution in [0.5, 0.6) is 0 Å². The van der Waals surface area contributed by atoms with E-state index in [9.17, 15) is 27.6 Å². The van der Waals surface area contributed by atoms with Crippen LogP contribution in [-0.4, -0.2) is 91.1 Å². The minimum atomic E-state index is -3.47. The van der Waals surface area contributed by atoms with Crippen molar-refractivity contribution in [3.8, 4) is 0 Å². The van der Waals surface area contributed by atoms with Crippen molar-refractivity contribution in [2.24, 2.45) is 29.1 Å². The van der Waals surface area contributed by atoms with Crippen LogP contribution in [0.1, 0.15) is 110 Å². The van der Waals surface area contributed by atoms with Gasteiger partial charge in [0.2, 0.25) is 17.6 Å². The SMILES string of the molecule is C=CCNC(=O)C(=O)C(CC1CC1)NC(=O)[C@@H]1CC(C)(C)C(C)CN1C(=O)[C@@H](NC(=O)NC1(CS(=O)(=O)CCC(C)C)CCCCC1)C1Cc2ccccc2C1. The molecule has 0 radical (unpaired) electrons. The molecule has 1 heterocycles. The van der Waals surface area contributed by atoms with E-state index in [1.54, 1.807) is 4.90 Å². The van der Waals surface area contributed by atoms with Gasteiger partial charge in [-0.25, -0.2) is 13.2 Å². The van der Waals surface area contributed by atoms with Crippen molar-refractivity contribution in [1.29, 1.82) is 0 Å². The fraction of sp³-hybridized carbons (Fsp3) is 0.698. The molecule has 4 atom stereocenters. The van der Waals surface area contributed by atoms with Crippen LogP contribution >= 0.6 is 0 Å². The van der Waals surface area contributed by atoms with Crippen LogP contribution in [0.2, 0.25) is 0 Å². The molecule has 0 aromatic heterocycles. The summed E-state index contributed by atoms with van der Waals surface area (Å²) in [7, 11) is -3.47. The van der Waals surface area contributed by atoms with Gasteiger partial charge in [-0.15, -0.1) is 6.58 Å². The van der Waals surface area contributed by atoms with Crippen LogP contribution in [0.15, 0.2) is 36.9 Å². The van der Waals surface area contributed by atoms with E-state index in [1.165, 1.54) is 6.08 Å². The van der Waals surface area contributed by atoms with Crippen LogP contribution < -0.4 is 21.3 Å². The average molecular weight is 796 g/mol. The number of nitrogens with zero attached hydrogens (tertiary/aromatic N) is 1. The van der Waals surface area contributed by atoms with E-state index in [1.807, 2.05) is 45.0 Å². The standard InChI is InChI=1S/C43H65N5O7S/c1-7-20-44-39(51)37(49)34(22-30-15-16-30)45-38(50)35-25-42(5,6)29(4)26-48(35)40(52)36(33-23-31-13-9-10-14-32(31)24-33)46-41(53)47-43(18-11-8-12-19-43)27-56(54,55)21-17-28(2)3/h7,9-10,13-14,28-30,33-36H,1,8,11-12,15-27H2,2-6H3,(H,44,51)(H,45,50)(H2,46,47,53)/t29?,34?,35-,36-/m0/s1. The summed E-state index contributed by atoms with van der Waals surface area (Å²) < 4.78 is 26.8. The van der Waals surface area contributed by atoms with Gasteiger partial charge in [-0.1, -0.05) is 97.1 Å². The maximum absolute atomic E-state index is 15.1. The lowest BCUT2D eigenvalue weighted by Crippen LogP contribution is -2.65. The number of hydrogen-bond acceptors (Lipinski definition) is 7. The first-order valence-electron chi connectivity index (χ1n) is 20.8. The second-order valence-electron chi connectivity index (χ2n) is 18.3. The van der Waals surface area contributed by atoms with Gasteiger partial charge < -0.3 is 26.2 Å². The van der Waals surface area contributed by atoms with Crippen LogP contribution in [0.3, 0.4) is 0 Å². The van der Waals surface area contributed by atoms with Crippen LogP contribution in [0, 0.1) is 29.1 Å². The molecule has 1 aliphatic heterocycles. The summed E-state index contributed by atoms with van der Waals surface area (Å²) in [6.45, 7) is 14.1. The number of benzene rings is 1. The summed E-state index contributed by atoms with van der Waals surface area (Å²) in [5, 5.41) is 11.5. The number of rotatable bonds is 17. The molecule has 12 nitrogen and oxygen atoms in total. The molecule has 5 amide bonds. The number of ketones is 1. The third-order valence-electron chi connectivity index (χ3n) is 12.8. The third kappa shape index (κ3) is 11.2. The van der Waals surface area contributed by atoms with E-state index in [0.717, 1.165) is 43.2 Å². The predicted molar refractivity (Wildman–Crippen MR) is 217 cm³/mol. The molecule has 1 aromatic rings. The Labute approximate surface area is 334 Å². The van der Waals surface area contributed by atoms with Crippen molar-refractivity contribution in [2.45, 2.75) is 135 Å². The first-order chi connectivity index (χ1) is 26.4.